The highest BCUT2D eigenvalue weighted by molar-refractivity contribution is 7.47. The maximum absolute atomic E-state index is 12.9. The second-order valence-electron chi connectivity index (χ2n) is 17.5. The molecular formula is C49H94N2O6P+. The lowest BCUT2D eigenvalue weighted by Gasteiger charge is -2.25. The van der Waals surface area contributed by atoms with Crippen molar-refractivity contribution in [2.24, 2.45) is 0 Å². The molecule has 0 fully saturated rings. The number of unbranched alkanes of at least 4 members (excludes halogenated alkanes) is 24. The highest BCUT2D eigenvalue weighted by Crippen LogP contribution is 2.43. The van der Waals surface area contributed by atoms with Gasteiger partial charge in [0, 0.05) is 6.42 Å². The number of nitrogens with one attached hydrogen (secondary N) is 1. The predicted octanol–water partition coefficient (Wildman–Crippen LogP) is 13.6. The van der Waals surface area contributed by atoms with E-state index in [0.717, 1.165) is 44.9 Å². The van der Waals surface area contributed by atoms with Crippen molar-refractivity contribution in [2.45, 2.75) is 219 Å². The van der Waals surface area contributed by atoms with Gasteiger partial charge in [0.1, 0.15) is 13.2 Å². The Morgan fingerprint density at radius 3 is 1.52 bits per heavy atom. The standard InChI is InChI=1S/C49H93N2O6P/c1-6-8-10-12-14-16-17-18-19-20-21-22-23-24-25-26-27-28-29-30-31-32-33-35-37-39-41-43-49(53)50-47(46-57-58(54,55)56-45-44-51(3,4)5)48(52)42-40-38-36-34-15-13-11-9-7-2/h15,17-18,20-21,34,40,42,47-48,52H,6-14,16,19,22-33,35-39,41,43-46H2,1-5H3,(H-,50,53,54,55)/p+1/b18-17-,21-20-,34-15+,42-40+. The minimum Gasteiger partial charge on any atom is -0.387 e. The second kappa shape index (κ2) is 40.8. The van der Waals surface area contributed by atoms with Gasteiger partial charge in [-0.2, -0.15) is 0 Å². The monoisotopic (exact) mass is 838 g/mol. The molecule has 0 spiro atoms. The van der Waals surface area contributed by atoms with Crippen LogP contribution in [0.25, 0.3) is 0 Å². The first-order valence-electron chi connectivity index (χ1n) is 24.0. The number of hydrogen-bond acceptors (Lipinski definition) is 5. The largest absolute Gasteiger partial charge is 0.472 e. The Hall–Kier alpha value is -1.54. The van der Waals surface area contributed by atoms with Crippen LogP contribution in [0.2, 0.25) is 0 Å². The van der Waals surface area contributed by atoms with Gasteiger partial charge in [-0.15, -0.1) is 0 Å². The van der Waals surface area contributed by atoms with Crippen LogP contribution in [0.3, 0.4) is 0 Å². The molecular weight excluding hydrogens is 744 g/mol. The average Bonchev–Trinajstić information content (AvgIpc) is 3.17. The summed E-state index contributed by atoms with van der Waals surface area (Å²) in [5.74, 6) is -0.190. The molecule has 9 heteroatoms. The van der Waals surface area contributed by atoms with Gasteiger partial charge in [0.25, 0.3) is 0 Å². The molecule has 3 unspecified atom stereocenters. The van der Waals surface area contributed by atoms with E-state index < -0.39 is 20.0 Å². The zero-order valence-electron chi connectivity index (χ0n) is 38.5. The number of quaternary nitrogens is 1. The van der Waals surface area contributed by atoms with E-state index in [0.29, 0.717) is 17.4 Å². The molecule has 0 rings (SSSR count). The van der Waals surface area contributed by atoms with Gasteiger partial charge < -0.3 is 19.8 Å². The van der Waals surface area contributed by atoms with Crippen molar-refractivity contribution in [2.75, 3.05) is 40.9 Å². The minimum atomic E-state index is -4.34. The Labute approximate surface area is 359 Å². The summed E-state index contributed by atoms with van der Waals surface area (Å²) in [7, 11) is 1.55. The summed E-state index contributed by atoms with van der Waals surface area (Å²) in [4.78, 5) is 23.1. The number of phosphoric acid groups is 1. The molecule has 0 aromatic heterocycles. The first-order chi connectivity index (χ1) is 28.0. The van der Waals surface area contributed by atoms with E-state index in [1.54, 1.807) is 6.08 Å². The molecule has 0 bridgehead atoms. The van der Waals surface area contributed by atoms with Crippen LogP contribution >= 0.6 is 7.82 Å². The van der Waals surface area contributed by atoms with Crippen LogP contribution in [0.1, 0.15) is 206 Å². The molecule has 8 nitrogen and oxygen atoms in total. The maximum atomic E-state index is 12.9. The number of hydrogen-bond donors (Lipinski definition) is 3. The first kappa shape index (κ1) is 56.5. The van der Waals surface area contributed by atoms with E-state index in [9.17, 15) is 19.4 Å². The molecule has 3 atom stereocenters. The van der Waals surface area contributed by atoms with Gasteiger partial charge in [-0.25, -0.2) is 4.57 Å². The maximum Gasteiger partial charge on any atom is 0.472 e. The molecule has 0 radical (unpaired) electrons. The van der Waals surface area contributed by atoms with Gasteiger partial charge in [-0.05, 0) is 64.2 Å². The lowest BCUT2D eigenvalue weighted by molar-refractivity contribution is -0.870. The Morgan fingerprint density at radius 2 is 1.00 bits per heavy atom. The van der Waals surface area contributed by atoms with Crippen LogP contribution in [-0.2, 0) is 18.4 Å². The van der Waals surface area contributed by atoms with Crippen LogP contribution in [0.15, 0.2) is 48.6 Å². The Bertz CT molecular complexity index is 1090. The number of nitrogens with zero attached hydrogens (tertiary/aromatic N) is 1. The highest BCUT2D eigenvalue weighted by Gasteiger charge is 2.27. The molecule has 0 aliphatic heterocycles. The number of aliphatic hydroxyl groups is 1. The zero-order chi connectivity index (χ0) is 42.8. The molecule has 1 amide bonds. The van der Waals surface area contributed by atoms with Gasteiger partial charge in [0.15, 0.2) is 0 Å². The highest BCUT2D eigenvalue weighted by atomic mass is 31.2. The fourth-order valence-electron chi connectivity index (χ4n) is 6.67. The lowest BCUT2D eigenvalue weighted by Crippen LogP contribution is -2.45. The number of phosphoric ester groups is 1. The van der Waals surface area contributed by atoms with E-state index >= 15 is 0 Å². The van der Waals surface area contributed by atoms with E-state index in [1.807, 2.05) is 27.2 Å². The van der Waals surface area contributed by atoms with Crippen molar-refractivity contribution in [1.29, 1.82) is 0 Å². The quantitative estimate of drug-likeness (QED) is 0.0244. The number of amides is 1. The average molecular weight is 838 g/mol. The third kappa shape index (κ3) is 42.6. The molecule has 58 heavy (non-hydrogen) atoms. The third-order valence-electron chi connectivity index (χ3n) is 10.5. The first-order valence-corrected chi connectivity index (χ1v) is 25.5. The number of rotatable bonds is 43. The fraction of sp³-hybridized carbons (Fsp3) is 0.816. The minimum absolute atomic E-state index is 0.0553. The van der Waals surface area contributed by atoms with Crippen molar-refractivity contribution >= 4 is 13.7 Å². The van der Waals surface area contributed by atoms with Crippen molar-refractivity contribution in [3.8, 4) is 0 Å². The van der Waals surface area contributed by atoms with Gasteiger partial charge in [0.05, 0.1) is 39.9 Å². The number of aliphatic hydroxyl groups excluding tert-OH is 1. The summed E-state index contributed by atoms with van der Waals surface area (Å²) in [5, 5.41) is 13.7. The van der Waals surface area contributed by atoms with E-state index in [-0.39, 0.29) is 19.1 Å². The van der Waals surface area contributed by atoms with Crippen molar-refractivity contribution in [1.82, 2.24) is 5.32 Å². The number of carbonyl (C=O) groups excluding carboxylic acids is 1. The number of allylic oxidation sites excluding steroid dienone is 7. The van der Waals surface area contributed by atoms with Crippen LogP contribution in [0.4, 0.5) is 0 Å². The van der Waals surface area contributed by atoms with Gasteiger partial charge >= 0.3 is 7.82 Å². The van der Waals surface area contributed by atoms with Crippen molar-refractivity contribution in [3.63, 3.8) is 0 Å². The summed E-state index contributed by atoms with van der Waals surface area (Å²) in [6.45, 7) is 4.73. The summed E-state index contributed by atoms with van der Waals surface area (Å²) in [5.41, 5.74) is 0. The SMILES string of the molecule is CCCCC/C=C/CC/C=C/C(O)C(COP(=O)(O)OCC[N+](C)(C)C)NC(=O)CCCCCCCCCCCCCCCCC/C=C\C/C=C\CCCCCCC. The van der Waals surface area contributed by atoms with E-state index in [4.69, 9.17) is 9.05 Å². The molecule has 0 saturated carbocycles. The van der Waals surface area contributed by atoms with Gasteiger partial charge in [-0.1, -0.05) is 184 Å². The Morgan fingerprint density at radius 1 is 0.586 bits per heavy atom. The van der Waals surface area contributed by atoms with Gasteiger partial charge in [-0.3, -0.25) is 13.8 Å². The third-order valence-corrected chi connectivity index (χ3v) is 11.5. The van der Waals surface area contributed by atoms with Crippen LogP contribution in [0.5, 0.6) is 0 Å². The Balaban J connectivity index is 4.10. The molecule has 0 heterocycles. The number of likely N-dealkylation sites (N-methyl/N-ethyl adjacent to an activating group) is 1. The van der Waals surface area contributed by atoms with Crippen LogP contribution < -0.4 is 5.32 Å². The number of carbonyl (C=O) groups is 1. The van der Waals surface area contributed by atoms with E-state index in [1.165, 1.54) is 141 Å². The predicted molar refractivity (Wildman–Crippen MR) is 249 cm³/mol. The fourth-order valence-corrected chi connectivity index (χ4v) is 7.41. The van der Waals surface area contributed by atoms with Gasteiger partial charge in [0.2, 0.25) is 5.91 Å². The molecule has 0 aliphatic rings. The van der Waals surface area contributed by atoms with Crippen LogP contribution in [0, 0.1) is 0 Å². The topological polar surface area (TPSA) is 105 Å². The molecule has 0 aliphatic carbocycles. The lowest BCUT2D eigenvalue weighted by atomic mass is 10.0. The Kier molecular flexibility index (Phi) is 39.8. The normalized spacial score (nSPS) is 14.7. The summed E-state index contributed by atoms with van der Waals surface area (Å²) in [6.07, 6.45) is 52.1. The summed E-state index contributed by atoms with van der Waals surface area (Å²) >= 11 is 0. The summed E-state index contributed by atoms with van der Waals surface area (Å²) in [6, 6.07) is -0.861. The molecule has 3 N–H and O–H groups in total. The second-order valence-corrected chi connectivity index (χ2v) is 18.9. The molecule has 0 aromatic rings. The van der Waals surface area contributed by atoms with Crippen molar-refractivity contribution in [3.05, 3.63) is 48.6 Å². The van der Waals surface area contributed by atoms with E-state index in [2.05, 4.69) is 55.6 Å². The molecule has 340 valence electrons. The smallest absolute Gasteiger partial charge is 0.387 e. The molecule has 0 aromatic carbocycles. The van der Waals surface area contributed by atoms with Crippen molar-refractivity contribution < 1.29 is 32.9 Å². The summed E-state index contributed by atoms with van der Waals surface area (Å²) < 4.78 is 23.5. The van der Waals surface area contributed by atoms with Crippen LogP contribution in [-0.4, -0.2) is 73.4 Å². The zero-order valence-corrected chi connectivity index (χ0v) is 39.4. The molecule has 0 saturated heterocycles.